The molecule has 5 heteroatoms. The molecule has 0 radical (unpaired) electrons. The van der Waals surface area contributed by atoms with Crippen LogP contribution >= 0.6 is 15.9 Å². The van der Waals surface area contributed by atoms with Gasteiger partial charge in [-0.25, -0.2) is 5.84 Å². The molecule has 0 aliphatic carbocycles. The average Bonchev–Trinajstić information content (AvgIpc) is 2.21. The summed E-state index contributed by atoms with van der Waals surface area (Å²) in [5.74, 6) is 4.82. The Bertz CT molecular complexity index is 343. The first-order valence-electron chi connectivity index (χ1n) is 4.55. The number of carbonyl (C=O) groups is 1. The minimum absolute atomic E-state index is 0.190. The van der Waals surface area contributed by atoms with Crippen molar-refractivity contribution in [2.75, 3.05) is 13.6 Å². The minimum Gasteiger partial charge on any atom is -0.293 e. The van der Waals surface area contributed by atoms with Crippen LogP contribution in [0.1, 0.15) is 5.56 Å². The van der Waals surface area contributed by atoms with Gasteiger partial charge in [-0.2, -0.15) is 0 Å². The maximum absolute atomic E-state index is 11.0. The van der Waals surface area contributed by atoms with Crippen molar-refractivity contribution >= 4 is 21.8 Å². The zero-order valence-corrected chi connectivity index (χ0v) is 10.1. The molecule has 0 atom stereocenters. The summed E-state index contributed by atoms with van der Waals surface area (Å²) in [6.07, 6.45) is 0. The van der Waals surface area contributed by atoms with E-state index in [0.717, 1.165) is 10.0 Å². The van der Waals surface area contributed by atoms with Crippen molar-refractivity contribution in [3.8, 4) is 0 Å². The predicted octanol–water partition coefficient (Wildman–Crippen LogP) is 0.871. The molecule has 0 bridgehead atoms. The first-order valence-corrected chi connectivity index (χ1v) is 5.34. The molecular weight excluding hydrogens is 258 g/mol. The number of hydrogen-bond donors (Lipinski definition) is 2. The van der Waals surface area contributed by atoms with Gasteiger partial charge < -0.3 is 0 Å². The molecule has 1 rings (SSSR count). The lowest BCUT2D eigenvalue weighted by molar-refractivity contribution is -0.122. The van der Waals surface area contributed by atoms with Gasteiger partial charge in [-0.15, -0.1) is 0 Å². The molecule has 0 unspecified atom stereocenters. The second-order valence-electron chi connectivity index (χ2n) is 3.33. The zero-order valence-electron chi connectivity index (χ0n) is 8.53. The summed E-state index contributed by atoms with van der Waals surface area (Å²) < 4.78 is 1.05. The van der Waals surface area contributed by atoms with Crippen LogP contribution in [-0.2, 0) is 11.3 Å². The lowest BCUT2D eigenvalue weighted by Crippen LogP contribution is -2.38. The fourth-order valence-electron chi connectivity index (χ4n) is 1.26. The molecule has 15 heavy (non-hydrogen) atoms. The monoisotopic (exact) mass is 271 g/mol. The van der Waals surface area contributed by atoms with Crippen LogP contribution in [0.25, 0.3) is 0 Å². The highest BCUT2D eigenvalue weighted by molar-refractivity contribution is 9.10. The molecule has 0 saturated carbocycles. The fourth-order valence-corrected chi connectivity index (χ4v) is 1.67. The number of likely N-dealkylation sites (N-methyl/N-ethyl adjacent to an activating group) is 1. The Labute approximate surface area is 97.5 Å². The van der Waals surface area contributed by atoms with Crippen LogP contribution in [0.2, 0.25) is 0 Å². The summed E-state index contributed by atoms with van der Waals surface area (Å²) in [5, 5.41) is 0. The Kier molecular flexibility index (Phi) is 4.74. The standard InChI is InChI=1S/C10H14BrN3O/c1-14(7-10(15)13-12)6-8-4-2-3-5-9(8)11/h2-5H,6-7,12H2,1H3,(H,13,15). The lowest BCUT2D eigenvalue weighted by Gasteiger charge is -2.16. The topological polar surface area (TPSA) is 58.4 Å². The summed E-state index contributed by atoms with van der Waals surface area (Å²) in [5.41, 5.74) is 3.25. The quantitative estimate of drug-likeness (QED) is 0.486. The normalized spacial score (nSPS) is 10.4. The number of nitrogens with two attached hydrogens (primary N) is 1. The molecule has 0 spiro atoms. The van der Waals surface area contributed by atoms with E-state index in [4.69, 9.17) is 5.84 Å². The summed E-state index contributed by atoms with van der Waals surface area (Å²) in [6.45, 7) is 0.993. The van der Waals surface area contributed by atoms with Gasteiger partial charge in [-0.1, -0.05) is 34.1 Å². The molecule has 1 aromatic carbocycles. The number of nitrogens with zero attached hydrogens (tertiary/aromatic N) is 1. The molecule has 4 nitrogen and oxygen atoms in total. The SMILES string of the molecule is CN(CC(=O)NN)Cc1ccccc1Br. The second-order valence-corrected chi connectivity index (χ2v) is 4.19. The third kappa shape index (κ3) is 3.99. The van der Waals surface area contributed by atoms with Gasteiger partial charge >= 0.3 is 0 Å². The molecule has 0 aliphatic rings. The van der Waals surface area contributed by atoms with Crippen molar-refractivity contribution in [3.05, 3.63) is 34.3 Å². The summed E-state index contributed by atoms with van der Waals surface area (Å²) in [6, 6.07) is 7.92. The molecule has 0 fully saturated rings. The maximum atomic E-state index is 11.0. The molecule has 0 aromatic heterocycles. The van der Waals surface area contributed by atoms with E-state index in [0.29, 0.717) is 6.54 Å². The highest BCUT2D eigenvalue weighted by Gasteiger charge is 2.06. The lowest BCUT2D eigenvalue weighted by atomic mass is 10.2. The third-order valence-corrected chi connectivity index (χ3v) is 2.75. The van der Waals surface area contributed by atoms with Gasteiger partial charge in [-0.3, -0.25) is 15.1 Å². The van der Waals surface area contributed by atoms with Crippen molar-refractivity contribution in [1.29, 1.82) is 0 Å². The van der Waals surface area contributed by atoms with Crippen LogP contribution < -0.4 is 11.3 Å². The summed E-state index contributed by atoms with van der Waals surface area (Å²) in [7, 11) is 1.87. The van der Waals surface area contributed by atoms with Crippen LogP contribution in [0, 0.1) is 0 Å². The van der Waals surface area contributed by atoms with E-state index in [1.165, 1.54) is 0 Å². The Morgan fingerprint density at radius 1 is 1.53 bits per heavy atom. The number of halogens is 1. The van der Waals surface area contributed by atoms with Crippen molar-refractivity contribution in [3.63, 3.8) is 0 Å². The molecular formula is C10H14BrN3O. The Hall–Kier alpha value is -0.910. The number of rotatable bonds is 4. The van der Waals surface area contributed by atoms with Gasteiger partial charge in [0.1, 0.15) is 0 Å². The second kappa shape index (κ2) is 5.85. The van der Waals surface area contributed by atoms with Crippen molar-refractivity contribution in [2.45, 2.75) is 6.54 Å². The zero-order chi connectivity index (χ0) is 11.3. The number of hydrazine groups is 1. The van der Waals surface area contributed by atoms with E-state index in [1.54, 1.807) is 0 Å². The number of carbonyl (C=O) groups excluding carboxylic acids is 1. The van der Waals surface area contributed by atoms with E-state index in [1.807, 2.05) is 36.2 Å². The summed E-state index contributed by atoms with van der Waals surface area (Å²) in [4.78, 5) is 12.9. The Morgan fingerprint density at radius 2 is 2.20 bits per heavy atom. The molecule has 3 N–H and O–H groups in total. The largest absolute Gasteiger partial charge is 0.293 e. The van der Waals surface area contributed by atoms with Crippen LogP contribution in [0.5, 0.6) is 0 Å². The highest BCUT2D eigenvalue weighted by Crippen LogP contribution is 2.16. The van der Waals surface area contributed by atoms with E-state index in [9.17, 15) is 4.79 Å². The van der Waals surface area contributed by atoms with Gasteiger partial charge in [0.25, 0.3) is 0 Å². The molecule has 0 aliphatic heterocycles. The first kappa shape index (κ1) is 12.2. The average molecular weight is 272 g/mol. The highest BCUT2D eigenvalue weighted by atomic mass is 79.9. The number of nitrogens with one attached hydrogen (secondary N) is 1. The Balaban J connectivity index is 2.55. The van der Waals surface area contributed by atoms with E-state index in [-0.39, 0.29) is 12.5 Å². The fraction of sp³-hybridized carbons (Fsp3) is 0.300. The van der Waals surface area contributed by atoms with E-state index in [2.05, 4.69) is 21.4 Å². The predicted molar refractivity (Wildman–Crippen MR) is 62.8 cm³/mol. The smallest absolute Gasteiger partial charge is 0.248 e. The van der Waals surface area contributed by atoms with Crippen LogP contribution in [0.4, 0.5) is 0 Å². The number of benzene rings is 1. The van der Waals surface area contributed by atoms with Gasteiger partial charge in [0.05, 0.1) is 6.54 Å². The molecule has 0 heterocycles. The van der Waals surface area contributed by atoms with Gasteiger partial charge in [0.15, 0.2) is 0 Å². The first-order chi connectivity index (χ1) is 7.13. The van der Waals surface area contributed by atoms with Crippen LogP contribution in [0.3, 0.4) is 0 Å². The third-order valence-electron chi connectivity index (χ3n) is 1.97. The molecule has 1 aromatic rings. The summed E-state index contributed by atoms with van der Waals surface area (Å²) >= 11 is 3.46. The van der Waals surface area contributed by atoms with Crippen molar-refractivity contribution in [2.24, 2.45) is 5.84 Å². The van der Waals surface area contributed by atoms with Gasteiger partial charge in [0.2, 0.25) is 5.91 Å². The maximum Gasteiger partial charge on any atom is 0.248 e. The van der Waals surface area contributed by atoms with Gasteiger partial charge in [0, 0.05) is 11.0 Å². The van der Waals surface area contributed by atoms with Crippen molar-refractivity contribution < 1.29 is 4.79 Å². The molecule has 1 amide bonds. The molecule has 0 saturated heterocycles. The van der Waals surface area contributed by atoms with E-state index < -0.39 is 0 Å². The number of hydrogen-bond acceptors (Lipinski definition) is 3. The molecule has 82 valence electrons. The number of amides is 1. The van der Waals surface area contributed by atoms with Crippen LogP contribution in [0.15, 0.2) is 28.7 Å². The van der Waals surface area contributed by atoms with E-state index >= 15 is 0 Å². The van der Waals surface area contributed by atoms with Crippen LogP contribution in [-0.4, -0.2) is 24.4 Å². The minimum atomic E-state index is -0.190. The Morgan fingerprint density at radius 3 is 2.80 bits per heavy atom. The van der Waals surface area contributed by atoms with Crippen molar-refractivity contribution in [1.82, 2.24) is 10.3 Å². The van der Waals surface area contributed by atoms with Gasteiger partial charge in [-0.05, 0) is 18.7 Å².